The van der Waals surface area contributed by atoms with Crippen molar-refractivity contribution in [3.63, 3.8) is 0 Å². The average molecular weight is 1530 g/mol. The van der Waals surface area contributed by atoms with Crippen LogP contribution in [0.4, 0.5) is 39.5 Å². The third-order valence-electron chi connectivity index (χ3n) is 29.3. The molecule has 0 bridgehead atoms. The normalized spacial score (nSPS) is 18.7. The summed E-state index contributed by atoms with van der Waals surface area (Å²) in [4.78, 5) is 0. The third-order valence-corrected chi connectivity index (χ3v) is 29.3. The van der Waals surface area contributed by atoms with Gasteiger partial charge in [0, 0.05) is 16.2 Å². The van der Waals surface area contributed by atoms with E-state index < -0.39 is 51.0 Å². The minimum absolute atomic E-state index is 0.0994. The molecule has 0 heterocycles. The SMILES string of the molecule is CC(C)C(C(C)C)C(C)(F)C(C(C)C)C(C)C.CC(C)C(C(C)C)[C@@](C)(F)C(C)C.CC1(C)CCC(C)(F)CC1.CC1(F)CCCC1.CC1(F)CCCCC1.CCC(C)(CC)C(C)(F)C(C)(CC)CC.CCC(C)(CC)[C@@](C)(F)C(C)C.CCC(CC)C(C)(F)C(CC)CC.CCC(CC)[C@@](C)(F)C(C)C. The predicted octanol–water partition coefficient (Wildman–Crippen LogP) is 36.1. The molecule has 0 aromatic heterocycles. The van der Waals surface area contributed by atoms with Crippen molar-refractivity contribution in [2.75, 3.05) is 0 Å². The molecule has 0 unspecified atom stereocenters. The van der Waals surface area contributed by atoms with Gasteiger partial charge in [-0.05, 0) is 246 Å². The third kappa shape index (κ3) is 38.7. The Hall–Kier alpha value is -0.630. The summed E-state index contributed by atoms with van der Waals surface area (Å²) in [6.45, 7) is 89.0. The Morgan fingerprint density at radius 3 is 0.604 bits per heavy atom. The molecule has 106 heavy (non-hydrogen) atoms. The van der Waals surface area contributed by atoms with Crippen molar-refractivity contribution in [2.24, 2.45) is 110 Å². The Morgan fingerprint density at radius 1 is 0.255 bits per heavy atom. The number of halogens is 9. The molecule has 0 spiro atoms. The van der Waals surface area contributed by atoms with Gasteiger partial charge in [-0.1, -0.05) is 313 Å². The first-order chi connectivity index (χ1) is 47.6. The van der Waals surface area contributed by atoms with Crippen LogP contribution >= 0.6 is 0 Å². The van der Waals surface area contributed by atoms with Crippen molar-refractivity contribution in [3.8, 4) is 0 Å². The van der Waals surface area contributed by atoms with E-state index in [0.29, 0.717) is 40.9 Å². The van der Waals surface area contributed by atoms with E-state index in [4.69, 9.17) is 0 Å². The van der Waals surface area contributed by atoms with Gasteiger partial charge in [0.1, 0.15) is 51.0 Å². The van der Waals surface area contributed by atoms with Crippen LogP contribution in [0, 0.1) is 110 Å². The molecule has 0 aromatic carbocycles. The first-order valence-corrected chi connectivity index (χ1v) is 44.8. The molecule has 0 aliphatic heterocycles. The molecule has 3 saturated carbocycles. The minimum Gasteiger partial charge on any atom is -0.244 e. The second-order valence-corrected chi connectivity index (χ2v) is 40.7. The highest BCUT2D eigenvalue weighted by Crippen LogP contribution is 2.55. The topological polar surface area (TPSA) is 0 Å². The summed E-state index contributed by atoms with van der Waals surface area (Å²) in [5.41, 5.74) is -8.87. The maximum atomic E-state index is 15.4. The number of alkyl halides is 9. The fraction of sp³-hybridized carbons (Fsp3) is 1.00. The molecule has 9 heteroatoms. The molecule has 0 N–H and O–H groups in total. The highest BCUT2D eigenvalue weighted by molar-refractivity contribution is 5.03. The smallest absolute Gasteiger partial charge is 0.118 e. The summed E-state index contributed by atoms with van der Waals surface area (Å²) in [6.07, 6.45) is 23.5. The molecule has 3 rings (SSSR count). The van der Waals surface area contributed by atoms with Crippen LogP contribution in [0.2, 0.25) is 0 Å². The van der Waals surface area contributed by atoms with Crippen LogP contribution in [0.3, 0.4) is 0 Å². The Balaban J connectivity index is -0.000000268. The Morgan fingerprint density at radius 2 is 0.462 bits per heavy atom. The maximum absolute atomic E-state index is 15.4. The summed E-state index contributed by atoms with van der Waals surface area (Å²) in [7, 11) is 0. The van der Waals surface area contributed by atoms with Crippen molar-refractivity contribution in [2.45, 2.75) is 516 Å². The van der Waals surface area contributed by atoms with Gasteiger partial charge >= 0.3 is 0 Å². The first-order valence-electron chi connectivity index (χ1n) is 44.8. The molecular weight excluding hydrogens is 1340 g/mol. The lowest BCUT2D eigenvalue weighted by atomic mass is 9.57. The van der Waals surface area contributed by atoms with E-state index in [-0.39, 0.29) is 69.5 Å². The number of rotatable bonds is 30. The van der Waals surface area contributed by atoms with Gasteiger partial charge in [-0.2, -0.15) is 0 Å². The summed E-state index contributed by atoms with van der Waals surface area (Å²) >= 11 is 0. The minimum atomic E-state index is -1.09. The lowest BCUT2D eigenvalue weighted by Crippen LogP contribution is -2.51. The van der Waals surface area contributed by atoms with Gasteiger partial charge in [-0.25, -0.2) is 39.5 Å². The first kappa shape index (κ1) is 116. The van der Waals surface area contributed by atoms with Crippen LogP contribution < -0.4 is 0 Å². The van der Waals surface area contributed by atoms with Gasteiger partial charge in [-0.15, -0.1) is 0 Å². The second kappa shape index (κ2) is 51.4. The highest BCUT2D eigenvalue weighted by Gasteiger charge is 2.54. The molecule has 0 radical (unpaired) electrons. The van der Waals surface area contributed by atoms with Gasteiger partial charge in [0.2, 0.25) is 0 Å². The Kier molecular flexibility index (Phi) is 56.3. The zero-order valence-electron chi connectivity index (χ0n) is 80.2. The Bertz CT molecular complexity index is 1960. The van der Waals surface area contributed by atoms with Crippen LogP contribution in [0.1, 0.15) is 465 Å². The molecule has 3 atom stereocenters. The van der Waals surface area contributed by atoms with Gasteiger partial charge in [0.05, 0.1) is 0 Å². The lowest BCUT2D eigenvalue weighted by Gasteiger charge is -2.51. The molecule has 3 aliphatic rings. The lowest BCUT2D eigenvalue weighted by molar-refractivity contribution is -0.0946. The van der Waals surface area contributed by atoms with E-state index in [0.717, 1.165) is 154 Å². The van der Waals surface area contributed by atoms with Crippen LogP contribution in [0.15, 0.2) is 0 Å². The molecule has 0 amide bonds. The fourth-order valence-electron chi connectivity index (χ4n) is 18.9. The monoisotopic (exact) mass is 1530 g/mol. The maximum Gasteiger partial charge on any atom is 0.118 e. The van der Waals surface area contributed by atoms with Crippen LogP contribution in [-0.2, 0) is 0 Å². The quantitative estimate of drug-likeness (QED) is 0.0629. The summed E-state index contributed by atoms with van der Waals surface area (Å²) in [5.74, 6) is 3.86. The molecule has 0 aromatic rings. The van der Waals surface area contributed by atoms with Crippen molar-refractivity contribution >= 4 is 0 Å². The van der Waals surface area contributed by atoms with Crippen LogP contribution in [0.5, 0.6) is 0 Å². The molecule has 3 aliphatic carbocycles. The zero-order chi connectivity index (χ0) is 85.8. The molecule has 0 saturated heterocycles. The van der Waals surface area contributed by atoms with Crippen molar-refractivity contribution in [1.82, 2.24) is 0 Å². The van der Waals surface area contributed by atoms with E-state index in [2.05, 4.69) is 194 Å². The standard InChI is InChI=1S/C16H33F.C14H29F.2C12H25F.C11H23F.C10H21F.C9H17F.C7H13F.C6H11F/c1-10(2)14(11(3)4)16(9,17)15(12(5)6)13(7)8;1-8-12(5,9-2)14(7,15)13(6,10-3)11-4;1-8(2)11(9(3)4)12(7,13)10(5)6;1-6-10(7-2)12(5,13)11(8-3)9-4;1-7-10(5,8-2)11(6,12)9(3)4;1-6-9(7-2)10(5,11)8(3)4;1-8(2)4-6-9(3,10)7-5-8;1-7(8)5-3-2-4-6-7;1-6(7)4-2-3-5-6/h10-15H,1-9H3;8-11H2,1-7H3;8-11H,1-7H3;10-11H,6-9H2,1-5H3;9H,7-8H2,1-6H3;8-9H,6-7H2,1-5H3;4-7H2,1-3H3;2-6H2,1H3;2-5H2,1H3/t;;12-;;11-;10-;;;/m..0.00.../s1. The van der Waals surface area contributed by atoms with Crippen LogP contribution in [0.25, 0.3) is 0 Å². The van der Waals surface area contributed by atoms with Crippen molar-refractivity contribution in [3.05, 3.63) is 0 Å². The average Bonchev–Trinajstić information content (AvgIpc) is 0.908. The Labute approximate surface area is 662 Å². The number of hydrogen-bond acceptors (Lipinski definition) is 0. The largest absolute Gasteiger partial charge is 0.244 e. The summed E-state index contributed by atoms with van der Waals surface area (Å²) in [5, 5.41) is 0. The number of hydrogen-bond donors (Lipinski definition) is 0. The van der Waals surface area contributed by atoms with E-state index in [1.807, 2.05) is 62.3 Å². The predicted molar refractivity (Wildman–Crippen MR) is 462 cm³/mol. The molecule has 648 valence electrons. The van der Waals surface area contributed by atoms with Gasteiger partial charge < -0.3 is 0 Å². The van der Waals surface area contributed by atoms with E-state index >= 15 is 8.78 Å². The summed E-state index contributed by atoms with van der Waals surface area (Å²) in [6, 6.07) is 0. The van der Waals surface area contributed by atoms with Gasteiger partial charge in [0.15, 0.2) is 0 Å². The zero-order valence-corrected chi connectivity index (χ0v) is 80.2. The van der Waals surface area contributed by atoms with Crippen molar-refractivity contribution in [1.29, 1.82) is 0 Å². The van der Waals surface area contributed by atoms with E-state index in [1.165, 1.54) is 6.42 Å². The molecule has 3 fully saturated rings. The fourth-order valence-corrected chi connectivity index (χ4v) is 18.9. The summed E-state index contributed by atoms with van der Waals surface area (Å²) < 4.78 is 126. The second-order valence-electron chi connectivity index (χ2n) is 40.7. The van der Waals surface area contributed by atoms with Crippen LogP contribution in [-0.4, -0.2) is 51.0 Å². The molecule has 0 nitrogen and oxygen atoms in total. The van der Waals surface area contributed by atoms with Gasteiger partial charge in [0.25, 0.3) is 0 Å². The highest BCUT2D eigenvalue weighted by atomic mass is 19.2. The molecular formula is C97H197F9. The van der Waals surface area contributed by atoms with Gasteiger partial charge in [-0.3, -0.25) is 0 Å². The van der Waals surface area contributed by atoms with E-state index in [1.54, 1.807) is 48.5 Å². The van der Waals surface area contributed by atoms with E-state index in [9.17, 15) is 30.7 Å². The van der Waals surface area contributed by atoms with Crippen molar-refractivity contribution < 1.29 is 39.5 Å².